The minimum absolute atomic E-state index is 0.210. The summed E-state index contributed by atoms with van der Waals surface area (Å²) in [5.41, 5.74) is 2.07. The Labute approximate surface area is 143 Å². The number of sulfonamides is 1. The molecule has 0 atom stereocenters. The van der Waals surface area contributed by atoms with E-state index in [0.717, 1.165) is 24.8 Å². The van der Waals surface area contributed by atoms with Crippen molar-refractivity contribution in [2.75, 3.05) is 10.0 Å². The second-order valence-corrected chi connectivity index (χ2v) is 7.30. The lowest BCUT2D eigenvalue weighted by Gasteiger charge is -2.10. The quantitative estimate of drug-likeness (QED) is 0.801. The Hall–Kier alpha value is -2.34. The van der Waals surface area contributed by atoms with Crippen molar-refractivity contribution in [1.82, 2.24) is 0 Å². The van der Waals surface area contributed by atoms with Crippen molar-refractivity contribution in [3.05, 3.63) is 54.1 Å². The van der Waals surface area contributed by atoms with Crippen molar-refractivity contribution in [3.8, 4) is 0 Å². The van der Waals surface area contributed by atoms with Crippen LogP contribution in [-0.2, 0) is 21.2 Å². The number of unbranched alkanes of at least 4 members (excludes halogenated alkanes) is 1. The van der Waals surface area contributed by atoms with Crippen LogP contribution in [-0.4, -0.2) is 14.3 Å². The molecule has 0 aliphatic carbocycles. The van der Waals surface area contributed by atoms with E-state index in [2.05, 4.69) is 17.0 Å². The van der Waals surface area contributed by atoms with Crippen LogP contribution in [0.3, 0.4) is 0 Å². The van der Waals surface area contributed by atoms with Gasteiger partial charge in [0.15, 0.2) is 0 Å². The third-order valence-corrected chi connectivity index (χ3v) is 4.89. The highest BCUT2D eigenvalue weighted by Crippen LogP contribution is 2.20. The number of carbonyl (C=O) groups excluding carboxylic acids is 1. The Bertz CT molecular complexity index is 799. The molecule has 0 aromatic heterocycles. The molecule has 5 nitrogen and oxygen atoms in total. The number of nitrogens with one attached hydrogen (secondary N) is 2. The molecule has 0 spiro atoms. The van der Waals surface area contributed by atoms with Gasteiger partial charge >= 0.3 is 0 Å². The van der Waals surface area contributed by atoms with Crippen LogP contribution in [0.4, 0.5) is 11.4 Å². The molecule has 128 valence electrons. The summed E-state index contributed by atoms with van der Waals surface area (Å²) in [4.78, 5) is 11.3. The molecule has 0 saturated carbocycles. The fourth-order valence-corrected chi connectivity index (χ4v) is 3.34. The van der Waals surface area contributed by atoms with Crippen molar-refractivity contribution in [3.63, 3.8) is 0 Å². The maximum absolute atomic E-state index is 12.5. The number of carbonyl (C=O) groups is 1. The molecule has 1 amide bonds. The predicted molar refractivity (Wildman–Crippen MR) is 96.6 cm³/mol. The lowest BCUT2D eigenvalue weighted by atomic mass is 10.1. The average Bonchev–Trinajstić information content (AvgIpc) is 2.52. The van der Waals surface area contributed by atoms with Gasteiger partial charge in [0.05, 0.1) is 10.6 Å². The number of amides is 1. The van der Waals surface area contributed by atoms with E-state index in [1.165, 1.54) is 6.92 Å². The molecule has 2 aromatic rings. The second kappa shape index (κ2) is 7.97. The lowest BCUT2D eigenvalue weighted by molar-refractivity contribution is -0.114. The lowest BCUT2D eigenvalue weighted by Crippen LogP contribution is -2.13. The first kappa shape index (κ1) is 18.0. The van der Waals surface area contributed by atoms with Gasteiger partial charge in [0.25, 0.3) is 10.0 Å². The summed E-state index contributed by atoms with van der Waals surface area (Å²) < 4.78 is 27.5. The van der Waals surface area contributed by atoms with Gasteiger partial charge in [0.1, 0.15) is 0 Å². The van der Waals surface area contributed by atoms with Gasteiger partial charge in [-0.25, -0.2) is 8.42 Å². The number of anilines is 2. The number of hydrogen-bond acceptors (Lipinski definition) is 3. The molecular formula is C18H22N2O3S. The zero-order chi connectivity index (χ0) is 17.6. The minimum Gasteiger partial charge on any atom is -0.326 e. The van der Waals surface area contributed by atoms with Gasteiger partial charge in [-0.3, -0.25) is 9.52 Å². The van der Waals surface area contributed by atoms with E-state index in [9.17, 15) is 13.2 Å². The van der Waals surface area contributed by atoms with Crippen molar-refractivity contribution in [2.45, 2.75) is 38.0 Å². The molecule has 0 unspecified atom stereocenters. The molecule has 0 aliphatic heterocycles. The van der Waals surface area contributed by atoms with Crippen molar-refractivity contribution in [2.24, 2.45) is 0 Å². The summed E-state index contributed by atoms with van der Waals surface area (Å²) in [7, 11) is -3.66. The molecule has 2 aromatic carbocycles. The van der Waals surface area contributed by atoms with Crippen LogP contribution in [0.1, 0.15) is 32.3 Å². The first-order valence-electron chi connectivity index (χ1n) is 7.90. The Morgan fingerprint density at radius 1 is 1.04 bits per heavy atom. The van der Waals surface area contributed by atoms with Crippen LogP contribution in [0, 0.1) is 0 Å². The topological polar surface area (TPSA) is 75.3 Å². The molecule has 6 heteroatoms. The van der Waals surface area contributed by atoms with E-state index >= 15 is 0 Å². The SMILES string of the molecule is CCCCc1ccc(S(=O)(=O)Nc2cccc(NC(C)=O)c2)cc1. The highest BCUT2D eigenvalue weighted by molar-refractivity contribution is 7.92. The zero-order valence-corrected chi connectivity index (χ0v) is 14.7. The fraction of sp³-hybridized carbons (Fsp3) is 0.278. The van der Waals surface area contributed by atoms with Gasteiger partial charge in [0.2, 0.25) is 5.91 Å². The number of rotatable bonds is 7. The first-order chi connectivity index (χ1) is 11.4. The summed E-state index contributed by atoms with van der Waals surface area (Å²) in [6.45, 7) is 3.52. The largest absolute Gasteiger partial charge is 0.326 e. The van der Waals surface area contributed by atoms with E-state index < -0.39 is 10.0 Å². The van der Waals surface area contributed by atoms with Crippen molar-refractivity contribution >= 4 is 27.3 Å². The predicted octanol–water partition coefficient (Wildman–Crippen LogP) is 3.79. The smallest absolute Gasteiger partial charge is 0.261 e. The Morgan fingerprint density at radius 3 is 2.33 bits per heavy atom. The maximum Gasteiger partial charge on any atom is 0.261 e. The van der Waals surface area contributed by atoms with Crippen LogP contribution < -0.4 is 10.0 Å². The van der Waals surface area contributed by atoms with Gasteiger partial charge in [0, 0.05) is 12.6 Å². The molecule has 0 radical (unpaired) electrons. The van der Waals surface area contributed by atoms with Gasteiger partial charge in [-0.05, 0) is 48.7 Å². The van der Waals surface area contributed by atoms with E-state index in [1.54, 1.807) is 36.4 Å². The molecular weight excluding hydrogens is 324 g/mol. The Kier molecular flexibility index (Phi) is 5.98. The van der Waals surface area contributed by atoms with E-state index in [-0.39, 0.29) is 10.8 Å². The van der Waals surface area contributed by atoms with E-state index in [1.807, 2.05) is 12.1 Å². The van der Waals surface area contributed by atoms with E-state index in [0.29, 0.717) is 11.4 Å². The second-order valence-electron chi connectivity index (χ2n) is 5.61. The van der Waals surface area contributed by atoms with Gasteiger partial charge < -0.3 is 5.32 Å². The van der Waals surface area contributed by atoms with Gasteiger partial charge in [-0.1, -0.05) is 31.5 Å². The minimum atomic E-state index is -3.66. The number of hydrogen-bond donors (Lipinski definition) is 2. The molecule has 2 N–H and O–H groups in total. The van der Waals surface area contributed by atoms with Crippen LogP contribution in [0.25, 0.3) is 0 Å². The molecule has 0 saturated heterocycles. The summed E-state index contributed by atoms with van der Waals surface area (Å²) in [6, 6.07) is 13.5. The van der Waals surface area contributed by atoms with Crippen LogP contribution in [0.15, 0.2) is 53.4 Å². The maximum atomic E-state index is 12.5. The molecule has 24 heavy (non-hydrogen) atoms. The standard InChI is InChI=1S/C18H22N2O3S/c1-3-4-6-15-9-11-18(12-10-15)24(22,23)20-17-8-5-7-16(13-17)19-14(2)21/h5,7-13,20H,3-4,6H2,1-2H3,(H,19,21). The highest BCUT2D eigenvalue weighted by Gasteiger charge is 2.14. The Morgan fingerprint density at radius 2 is 1.71 bits per heavy atom. The highest BCUT2D eigenvalue weighted by atomic mass is 32.2. The summed E-state index contributed by atoms with van der Waals surface area (Å²) >= 11 is 0. The number of benzene rings is 2. The Balaban J connectivity index is 2.14. The van der Waals surface area contributed by atoms with Gasteiger partial charge in [-0.2, -0.15) is 0 Å². The van der Waals surface area contributed by atoms with Crippen molar-refractivity contribution in [1.29, 1.82) is 0 Å². The van der Waals surface area contributed by atoms with Gasteiger partial charge in [-0.15, -0.1) is 0 Å². The molecule has 0 aliphatic rings. The van der Waals surface area contributed by atoms with E-state index in [4.69, 9.17) is 0 Å². The fourth-order valence-electron chi connectivity index (χ4n) is 2.29. The molecule has 2 rings (SSSR count). The normalized spacial score (nSPS) is 11.1. The molecule has 0 fully saturated rings. The summed E-state index contributed by atoms with van der Waals surface area (Å²) in [5.74, 6) is -0.210. The van der Waals surface area contributed by atoms with Crippen LogP contribution >= 0.6 is 0 Å². The molecule has 0 heterocycles. The summed E-state index contributed by atoms with van der Waals surface area (Å²) in [5, 5.41) is 2.62. The monoisotopic (exact) mass is 346 g/mol. The van der Waals surface area contributed by atoms with Crippen LogP contribution in [0.5, 0.6) is 0 Å². The third kappa shape index (κ3) is 5.09. The molecule has 0 bridgehead atoms. The number of aryl methyl sites for hydroxylation is 1. The van der Waals surface area contributed by atoms with Crippen molar-refractivity contribution < 1.29 is 13.2 Å². The summed E-state index contributed by atoms with van der Waals surface area (Å²) in [6.07, 6.45) is 3.13. The van der Waals surface area contributed by atoms with Crippen LogP contribution in [0.2, 0.25) is 0 Å². The average molecular weight is 346 g/mol. The zero-order valence-electron chi connectivity index (χ0n) is 13.9. The third-order valence-electron chi connectivity index (χ3n) is 3.49. The first-order valence-corrected chi connectivity index (χ1v) is 9.38.